The van der Waals surface area contributed by atoms with E-state index in [1.54, 1.807) is 25.3 Å². The van der Waals surface area contributed by atoms with Crippen LogP contribution in [0.2, 0.25) is 0 Å². The van der Waals surface area contributed by atoms with Gasteiger partial charge in [-0.2, -0.15) is 8.78 Å². The summed E-state index contributed by atoms with van der Waals surface area (Å²) in [4.78, 5) is 12.4. The molecule has 1 aliphatic carbocycles. The second-order valence-electron chi connectivity index (χ2n) is 6.38. The summed E-state index contributed by atoms with van der Waals surface area (Å²) < 4.78 is 34.6. The molecular weight excluding hydrogens is 354 g/mol. The number of rotatable bonds is 9. The van der Waals surface area contributed by atoms with Crippen LogP contribution < -0.4 is 20.1 Å². The van der Waals surface area contributed by atoms with Crippen LogP contribution in [0.15, 0.2) is 48.5 Å². The zero-order valence-corrected chi connectivity index (χ0v) is 15.0. The summed E-state index contributed by atoms with van der Waals surface area (Å²) in [6, 6.07) is 13.9. The molecule has 27 heavy (non-hydrogen) atoms. The van der Waals surface area contributed by atoms with Crippen LogP contribution in [0, 0.1) is 5.92 Å². The van der Waals surface area contributed by atoms with Crippen molar-refractivity contribution in [3.05, 3.63) is 54.1 Å². The molecule has 2 aromatic carbocycles. The van der Waals surface area contributed by atoms with Crippen LogP contribution in [0.3, 0.4) is 0 Å². The highest BCUT2D eigenvalue weighted by molar-refractivity contribution is 5.81. The van der Waals surface area contributed by atoms with Gasteiger partial charge in [-0.1, -0.05) is 24.3 Å². The zero-order valence-electron chi connectivity index (χ0n) is 15.0. The quantitative estimate of drug-likeness (QED) is 0.695. The summed E-state index contributed by atoms with van der Waals surface area (Å²) >= 11 is 0. The van der Waals surface area contributed by atoms with Crippen molar-refractivity contribution in [3.63, 3.8) is 0 Å². The summed E-state index contributed by atoms with van der Waals surface area (Å²) in [6.45, 7) is -2.96. The van der Waals surface area contributed by atoms with Crippen LogP contribution in [-0.4, -0.2) is 26.2 Å². The van der Waals surface area contributed by atoms with E-state index in [0.717, 1.165) is 24.2 Å². The van der Waals surface area contributed by atoms with E-state index in [9.17, 15) is 13.6 Å². The summed E-state index contributed by atoms with van der Waals surface area (Å²) in [7, 11) is 1.61. The predicted molar refractivity (Wildman–Crippen MR) is 98.2 cm³/mol. The van der Waals surface area contributed by atoms with Gasteiger partial charge in [-0.25, -0.2) is 0 Å². The molecule has 3 rings (SSSR count). The Morgan fingerprint density at radius 3 is 2.48 bits per heavy atom. The maximum Gasteiger partial charge on any atom is 0.387 e. The number of alkyl halides is 2. The minimum Gasteiger partial charge on any atom is -0.497 e. The number of benzene rings is 2. The lowest BCUT2D eigenvalue weighted by molar-refractivity contribution is -0.120. The highest BCUT2D eigenvalue weighted by Gasteiger charge is 2.33. The standard InChI is InChI=1S/C20H22F2N2O3/c1-26-15-10-8-14(9-11-15)19(13-6-7-13)24-18(25)12-23-16-4-2-3-5-17(16)27-20(21)22/h2-5,8-11,13,19-20,23H,6-7,12H2,1H3,(H,24,25). The third kappa shape index (κ3) is 5.32. The van der Waals surface area contributed by atoms with Gasteiger partial charge in [0.15, 0.2) is 0 Å². The third-order valence-electron chi connectivity index (χ3n) is 4.43. The molecule has 0 bridgehead atoms. The molecule has 7 heteroatoms. The predicted octanol–water partition coefficient (Wildman–Crippen LogP) is 3.98. The molecule has 1 amide bonds. The van der Waals surface area contributed by atoms with Crippen molar-refractivity contribution >= 4 is 11.6 Å². The smallest absolute Gasteiger partial charge is 0.387 e. The van der Waals surface area contributed by atoms with Crippen molar-refractivity contribution in [2.24, 2.45) is 5.92 Å². The van der Waals surface area contributed by atoms with E-state index < -0.39 is 6.61 Å². The van der Waals surface area contributed by atoms with E-state index in [-0.39, 0.29) is 24.2 Å². The summed E-state index contributed by atoms with van der Waals surface area (Å²) in [5.74, 6) is 0.970. The van der Waals surface area contributed by atoms with Crippen molar-refractivity contribution in [1.29, 1.82) is 0 Å². The van der Waals surface area contributed by atoms with Gasteiger partial charge in [-0.3, -0.25) is 4.79 Å². The van der Waals surface area contributed by atoms with Crippen molar-refractivity contribution in [2.45, 2.75) is 25.5 Å². The maximum atomic E-state index is 12.5. The van der Waals surface area contributed by atoms with E-state index in [1.165, 1.54) is 6.07 Å². The van der Waals surface area contributed by atoms with Gasteiger partial charge in [0.1, 0.15) is 11.5 Å². The Morgan fingerprint density at radius 2 is 1.85 bits per heavy atom. The minimum absolute atomic E-state index is 0.00852. The second-order valence-corrected chi connectivity index (χ2v) is 6.38. The number of methoxy groups -OCH3 is 1. The van der Waals surface area contributed by atoms with Gasteiger partial charge < -0.3 is 20.1 Å². The van der Waals surface area contributed by atoms with Gasteiger partial charge in [0.25, 0.3) is 0 Å². The molecule has 0 heterocycles. The molecule has 0 spiro atoms. The van der Waals surface area contributed by atoms with Gasteiger partial charge in [0.05, 0.1) is 25.4 Å². The number of nitrogens with one attached hydrogen (secondary N) is 2. The van der Waals surface area contributed by atoms with Crippen LogP contribution in [0.1, 0.15) is 24.4 Å². The van der Waals surface area contributed by atoms with Crippen molar-refractivity contribution in [2.75, 3.05) is 19.0 Å². The largest absolute Gasteiger partial charge is 0.497 e. The molecule has 1 fully saturated rings. The zero-order chi connectivity index (χ0) is 19.2. The SMILES string of the molecule is COc1ccc(C(NC(=O)CNc2ccccc2OC(F)F)C2CC2)cc1. The lowest BCUT2D eigenvalue weighted by Crippen LogP contribution is -2.34. The van der Waals surface area contributed by atoms with Gasteiger partial charge in [0.2, 0.25) is 5.91 Å². The summed E-state index contributed by atoms with van der Waals surface area (Å²) in [5.41, 5.74) is 1.37. The van der Waals surface area contributed by atoms with Crippen molar-refractivity contribution in [1.82, 2.24) is 5.32 Å². The van der Waals surface area contributed by atoms with Crippen LogP contribution in [-0.2, 0) is 4.79 Å². The molecule has 1 unspecified atom stereocenters. The number of carbonyl (C=O) groups excluding carboxylic acids is 1. The Morgan fingerprint density at radius 1 is 1.15 bits per heavy atom. The fourth-order valence-corrected chi connectivity index (χ4v) is 2.93. The summed E-state index contributed by atoms with van der Waals surface area (Å²) in [5, 5.41) is 5.89. The number of para-hydroxylation sites is 2. The van der Waals surface area contributed by atoms with E-state index in [4.69, 9.17) is 4.74 Å². The first kappa shape index (κ1) is 18.9. The lowest BCUT2D eigenvalue weighted by atomic mass is 10.0. The minimum atomic E-state index is -2.92. The second kappa shape index (κ2) is 8.70. The summed E-state index contributed by atoms with van der Waals surface area (Å²) in [6.07, 6.45) is 2.13. The van der Waals surface area contributed by atoms with Gasteiger partial charge in [-0.15, -0.1) is 0 Å². The van der Waals surface area contributed by atoms with E-state index in [0.29, 0.717) is 11.6 Å². The first-order chi connectivity index (χ1) is 13.1. The average Bonchev–Trinajstić information content (AvgIpc) is 3.50. The molecule has 0 aromatic heterocycles. The number of amides is 1. The van der Waals surface area contributed by atoms with E-state index in [1.807, 2.05) is 24.3 Å². The number of hydrogen-bond acceptors (Lipinski definition) is 4. The lowest BCUT2D eigenvalue weighted by Gasteiger charge is -2.20. The molecule has 1 atom stereocenters. The first-order valence-electron chi connectivity index (χ1n) is 8.78. The Bertz CT molecular complexity index is 764. The van der Waals surface area contributed by atoms with Crippen LogP contribution in [0.25, 0.3) is 0 Å². The fourth-order valence-electron chi connectivity index (χ4n) is 2.93. The maximum absolute atomic E-state index is 12.5. The monoisotopic (exact) mass is 376 g/mol. The third-order valence-corrected chi connectivity index (χ3v) is 4.43. The molecule has 0 aliphatic heterocycles. The Labute approximate surface area is 156 Å². The molecule has 0 radical (unpaired) electrons. The molecule has 5 nitrogen and oxygen atoms in total. The van der Waals surface area contributed by atoms with Gasteiger partial charge in [0, 0.05) is 0 Å². The van der Waals surface area contributed by atoms with E-state index in [2.05, 4.69) is 15.4 Å². The molecule has 2 N–H and O–H groups in total. The number of carbonyl (C=O) groups is 1. The normalized spacial score (nSPS) is 14.5. The first-order valence-corrected chi connectivity index (χ1v) is 8.78. The fraction of sp³-hybridized carbons (Fsp3) is 0.350. The van der Waals surface area contributed by atoms with Crippen molar-refractivity contribution < 1.29 is 23.0 Å². The van der Waals surface area contributed by atoms with Crippen LogP contribution in [0.4, 0.5) is 14.5 Å². The van der Waals surface area contributed by atoms with Crippen LogP contribution in [0.5, 0.6) is 11.5 Å². The van der Waals surface area contributed by atoms with Gasteiger partial charge >= 0.3 is 6.61 Å². The molecule has 2 aromatic rings. The molecule has 144 valence electrons. The van der Waals surface area contributed by atoms with E-state index >= 15 is 0 Å². The Balaban J connectivity index is 1.60. The molecule has 1 saturated carbocycles. The highest BCUT2D eigenvalue weighted by atomic mass is 19.3. The average molecular weight is 376 g/mol. The Kier molecular flexibility index (Phi) is 6.11. The topological polar surface area (TPSA) is 59.6 Å². The molecular formula is C20H22F2N2O3. The number of anilines is 1. The Hall–Kier alpha value is -2.83. The van der Waals surface area contributed by atoms with Crippen LogP contribution >= 0.6 is 0 Å². The molecule has 0 saturated heterocycles. The van der Waals surface area contributed by atoms with Gasteiger partial charge in [-0.05, 0) is 48.6 Å². The molecule has 1 aliphatic rings. The number of halogens is 2. The van der Waals surface area contributed by atoms with Crippen molar-refractivity contribution in [3.8, 4) is 11.5 Å². The highest BCUT2D eigenvalue weighted by Crippen LogP contribution is 2.41. The number of hydrogen-bond donors (Lipinski definition) is 2. The number of ether oxygens (including phenoxy) is 2.